The molecular formula is C17H17ClFNOS. The number of aryl methyl sites for hydroxylation is 1. The summed E-state index contributed by atoms with van der Waals surface area (Å²) in [6.45, 7) is 7.09. The quantitative estimate of drug-likeness (QED) is 0.717. The van der Waals surface area contributed by atoms with Crippen molar-refractivity contribution in [3.63, 3.8) is 0 Å². The van der Waals surface area contributed by atoms with E-state index in [1.165, 1.54) is 24.8 Å². The number of hydrogen-bond acceptors (Lipinski definition) is 2. The molecule has 1 unspecified atom stereocenters. The SMILES string of the molecule is C=C/C(=C\C=C(/C)F)C1SCC(=O)N1c1cc(Cl)ccc1C. The molecule has 0 N–H and O–H groups in total. The van der Waals surface area contributed by atoms with Crippen LogP contribution in [-0.4, -0.2) is 17.0 Å². The van der Waals surface area contributed by atoms with E-state index in [0.29, 0.717) is 10.8 Å². The number of halogens is 2. The third-order valence-electron chi connectivity index (χ3n) is 3.32. The summed E-state index contributed by atoms with van der Waals surface area (Å²) in [4.78, 5) is 14.0. The van der Waals surface area contributed by atoms with Gasteiger partial charge < -0.3 is 0 Å². The number of rotatable bonds is 4. The molecular weight excluding hydrogens is 321 g/mol. The zero-order chi connectivity index (χ0) is 16.3. The van der Waals surface area contributed by atoms with E-state index < -0.39 is 0 Å². The maximum Gasteiger partial charge on any atom is 0.238 e. The molecule has 1 saturated heterocycles. The summed E-state index contributed by atoms with van der Waals surface area (Å²) >= 11 is 7.56. The van der Waals surface area contributed by atoms with Crippen molar-refractivity contribution >= 4 is 35.0 Å². The maximum absolute atomic E-state index is 13.0. The van der Waals surface area contributed by atoms with Gasteiger partial charge in [-0.2, -0.15) is 0 Å². The van der Waals surface area contributed by atoms with Crippen LogP contribution in [0.4, 0.5) is 10.1 Å². The van der Waals surface area contributed by atoms with Crippen LogP contribution in [0, 0.1) is 6.92 Å². The molecule has 1 heterocycles. The van der Waals surface area contributed by atoms with Gasteiger partial charge in [0.05, 0.1) is 11.6 Å². The molecule has 1 aliphatic heterocycles. The fourth-order valence-corrected chi connectivity index (χ4v) is 3.59. The molecule has 0 aromatic heterocycles. The highest BCUT2D eigenvalue weighted by Gasteiger charge is 2.35. The van der Waals surface area contributed by atoms with Gasteiger partial charge in [-0.15, -0.1) is 11.8 Å². The highest BCUT2D eigenvalue weighted by Crippen LogP contribution is 2.37. The minimum absolute atomic E-state index is 0.00840. The van der Waals surface area contributed by atoms with Crippen LogP contribution in [0.15, 0.2) is 54.4 Å². The van der Waals surface area contributed by atoms with Crippen molar-refractivity contribution < 1.29 is 9.18 Å². The predicted molar refractivity (Wildman–Crippen MR) is 93.1 cm³/mol. The van der Waals surface area contributed by atoms with E-state index in [0.717, 1.165) is 16.8 Å². The van der Waals surface area contributed by atoms with Crippen molar-refractivity contribution in [3.8, 4) is 0 Å². The summed E-state index contributed by atoms with van der Waals surface area (Å²) in [7, 11) is 0. The largest absolute Gasteiger partial charge is 0.295 e. The van der Waals surface area contributed by atoms with Gasteiger partial charge in [0, 0.05) is 10.7 Å². The molecule has 2 nitrogen and oxygen atoms in total. The number of allylic oxidation sites excluding steroid dienone is 3. The molecule has 0 bridgehead atoms. The Labute approximate surface area is 139 Å². The number of amides is 1. The van der Waals surface area contributed by atoms with Crippen LogP contribution in [0.2, 0.25) is 5.02 Å². The van der Waals surface area contributed by atoms with Gasteiger partial charge in [0.25, 0.3) is 0 Å². The Morgan fingerprint density at radius 2 is 2.23 bits per heavy atom. The molecule has 1 fully saturated rings. The van der Waals surface area contributed by atoms with E-state index in [1.807, 2.05) is 13.0 Å². The highest BCUT2D eigenvalue weighted by atomic mass is 35.5. The highest BCUT2D eigenvalue weighted by molar-refractivity contribution is 8.01. The molecule has 0 aliphatic carbocycles. The number of nitrogens with zero attached hydrogens (tertiary/aromatic N) is 1. The van der Waals surface area contributed by atoms with Crippen molar-refractivity contribution in [3.05, 3.63) is 65.0 Å². The third kappa shape index (κ3) is 3.62. The molecule has 0 saturated carbocycles. The van der Waals surface area contributed by atoms with Gasteiger partial charge in [0.1, 0.15) is 5.37 Å². The first-order valence-electron chi connectivity index (χ1n) is 6.80. The van der Waals surface area contributed by atoms with Crippen LogP contribution in [0.5, 0.6) is 0 Å². The Morgan fingerprint density at radius 1 is 1.50 bits per heavy atom. The number of thioether (sulfide) groups is 1. The molecule has 1 atom stereocenters. The predicted octanol–water partition coefficient (Wildman–Crippen LogP) is 5.04. The first kappa shape index (κ1) is 16.8. The summed E-state index contributed by atoms with van der Waals surface area (Å²) in [5.41, 5.74) is 2.53. The fraction of sp³-hybridized carbons (Fsp3) is 0.235. The smallest absolute Gasteiger partial charge is 0.238 e. The van der Waals surface area contributed by atoms with E-state index in [2.05, 4.69) is 6.58 Å². The normalized spacial score (nSPS) is 19.7. The molecule has 1 aromatic rings. The number of carbonyl (C=O) groups is 1. The minimum atomic E-state index is -0.292. The molecule has 1 amide bonds. The molecule has 22 heavy (non-hydrogen) atoms. The molecule has 1 aromatic carbocycles. The molecule has 0 radical (unpaired) electrons. The van der Waals surface area contributed by atoms with Crippen molar-refractivity contribution in [2.24, 2.45) is 0 Å². The van der Waals surface area contributed by atoms with Crippen molar-refractivity contribution in [1.82, 2.24) is 0 Å². The van der Waals surface area contributed by atoms with Gasteiger partial charge in [-0.05, 0) is 43.2 Å². The van der Waals surface area contributed by atoms with E-state index in [1.54, 1.807) is 29.2 Å². The van der Waals surface area contributed by atoms with E-state index in [-0.39, 0.29) is 17.1 Å². The molecule has 5 heteroatoms. The fourth-order valence-electron chi connectivity index (χ4n) is 2.24. The first-order valence-corrected chi connectivity index (χ1v) is 8.23. The summed E-state index contributed by atoms with van der Waals surface area (Å²) < 4.78 is 13.0. The second kappa shape index (κ2) is 7.16. The van der Waals surface area contributed by atoms with Gasteiger partial charge in [-0.1, -0.05) is 36.4 Å². The van der Waals surface area contributed by atoms with Crippen molar-refractivity contribution in [2.45, 2.75) is 19.2 Å². The molecule has 2 rings (SSSR count). The summed E-state index contributed by atoms with van der Waals surface area (Å²) in [5, 5.41) is 0.352. The Kier molecular flexibility index (Phi) is 5.48. The van der Waals surface area contributed by atoms with Gasteiger partial charge in [0.2, 0.25) is 5.91 Å². The minimum Gasteiger partial charge on any atom is -0.295 e. The Morgan fingerprint density at radius 3 is 2.86 bits per heavy atom. The lowest BCUT2D eigenvalue weighted by Gasteiger charge is -2.26. The summed E-state index contributed by atoms with van der Waals surface area (Å²) in [6, 6.07) is 5.46. The van der Waals surface area contributed by atoms with Crippen LogP contribution in [0.25, 0.3) is 0 Å². The van der Waals surface area contributed by atoms with Crippen LogP contribution < -0.4 is 4.90 Å². The molecule has 1 aliphatic rings. The first-order chi connectivity index (χ1) is 10.4. The number of anilines is 1. The molecule has 0 spiro atoms. The van der Waals surface area contributed by atoms with Crippen molar-refractivity contribution in [2.75, 3.05) is 10.7 Å². The van der Waals surface area contributed by atoms with E-state index in [4.69, 9.17) is 11.6 Å². The third-order valence-corrected chi connectivity index (χ3v) is 4.77. The topological polar surface area (TPSA) is 20.3 Å². The van der Waals surface area contributed by atoms with Gasteiger partial charge in [0.15, 0.2) is 0 Å². The standard InChI is InChI=1S/C17H17ClFNOS/c1-4-13(7-6-12(3)19)17-20(16(21)10-22-17)15-9-14(18)8-5-11(15)2/h4-9,17H,1,10H2,2-3H3/b12-6+,13-7+. The lowest BCUT2D eigenvalue weighted by molar-refractivity contribution is -0.115. The maximum atomic E-state index is 13.0. The Balaban J connectivity index is 2.45. The van der Waals surface area contributed by atoms with Crippen LogP contribution in [0.3, 0.4) is 0 Å². The molecule has 116 valence electrons. The zero-order valence-electron chi connectivity index (χ0n) is 12.5. The average Bonchev–Trinajstić information content (AvgIpc) is 2.84. The van der Waals surface area contributed by atoms with Crippen molar-refractivity contribution in [1.29, 1.82) is 0 Å². The zero-order valence-corrected chi connectivity index (χ0v) is 14.0. The van der Waals surface area contributed by atoms with Gasteiger partial charge >= 0.3 is 0 Å². The summed E-state index contributed by atoms with van der Waals surface area (Å²) in [6.07, 6.45) is 4.69. The van der Waals surface area contributed by atoms with Crippen LogP contribution in [-0.2, 0) is 4.79 Å². The second-order valence-corrected chi connectivity index (χ2v) is 6.49. The lowest BCUT2D eigenvalue weighted by atomic mass is 10.1. The van der Waals surface area contributed by atoms with Gasteiger partial charge in [-0.3, -0.25) is 9.69 Å². The van der Waals surface area contributed by atoms with E-state index in [9.17, 15) is 9.18 Å². The number of benzene rings is 1. The van der Waals surface area contributed by atoms with Gasteiger partial charge in [-0.25, -0.2) is 4.39 Å². The Hall–Kier alpha value is -1.52. The monoisotopic (exact) mass is 337 g/mol. The number of hydrogen-bond donors (Lipinski definition) is 0. The van der Waals surface area contributed by atoms with E-state index >= 15 is 0 Å². The second-order valence-electron chi connectivity index (χ2n) is 4.98. The van der Waals surface area contributed by atoms with Crippen LogP contribution >= 0.6 is 23.4 Å². The summed E-state index contributed by atoms with van der Waals surface area (Å²) in [5.74, 6) is 0.0911. The van der Waals surface area contributed by atoms with Crippen LogP contribution in [0.1, 0.15) is 12.5 Å². The lowest BCUT2D eigenvalue weighted by Crippen LogP contribution is -2.34. The number of carbonyl (C=O) groups excluding carboxylic acids is 1. The average molecular weight is 338 g/mol. The Bertz CT molecular complexity index is 665.